The molecule has 4 nitrogen and oxygen atoms in total. The Morgan fingerprint density at radius 1 is 1.26 bits per heavy atom. The molecule has 2 N–H and O–H groups in total. The van der Waals surface area contributed by atoms with Gasteiger partial charge in [0.15, 0.2) is 0 Å². The molecule has 19 heavy (non-hydrogen) atoms. The molecule has 1 aliphatic rings. The van der Waals surface area contributed by atoms with Crippen molar-refractivity contribution in [2.75, 3.05) is 19.6 Å². The maximum atomic E-state index is 4.42. The molecule has 0 bridgehead atoms. The predicted molar refractivity (Wildman–Crippen MR) is 79.0 cm³/mol. The Bertz CT molecular complexity index is 373. The van der Waals surface area contributed by atoms with E-state index < -0.39 is 0 Å². The van der Waals surface area contributed by atoms with Gasteiger partial charge in [0.05, 0.1) is 17.7 Å². The second-order valence-corrected chi connectivity index (χ2v) is 6.62. The van der Waals surface area contributed by atoms with Crippen LogP contribution in [0.2, 0.25) is 0 Å². The largest absolute Gasteiger partial charge is 0.347 e. The van der Waals surface area contributed by atoms with E-state index in [0.29, 0.717) is 6.04 Å². The van der Waals surface area contributed by atoms with Gasteiger partial charge in [-0.25, -0.2) is 4.98 Å². The summed E-state index contributed by atoms with van der Waals surface area (Å²) in [5.41, 5.74) is 2.51. The van der Waals surface area contributed by atoms with Gasteiger partial charge in [-0.2, -0.15) is 0 Å². The fourth-order valence-electron chi connectivity index (χ4n) is 2.93. The van der Waals surface area contributed by atoms with Crippen molar-refractivity contribution >= 4 is 0 Å². The molecule has 0 amide bonds. The Morgan fingerprint density at radius 2 is 1.95 bits per heavy atom. The summed E-state index contributed by atoms with van der Waals surface area (Å²) in [6.45, 7) is 13.6. The van der Waals surface area contributed by atoms with Gasteiger partial charge in [-0.1, -0.05) is 27.7 Å². The topological polar surface area (TPSA) is 44.0 Å². The van der Waals surface area contributed by atoms with Gasteiger partial charge in [-0.05, 0) is 11.8 Å². The van der Waals surface area contributed by atoms with Gasteiger partial charge < -0.3 is 15.2 Å². The fraction of sp³-hybridized carbons (Fsp3) is 0.800. The highest BCUT2D eigenvalue weighted by atomic mass is 15.2. The number of hydrogen-bond acceptors (Lipinski definition) is 3. The number of aromatic nitrogens is 2. The summed E-state index contributed by atoms with van der Waals surface area (Å²) in [5, 5.41) is 3.63. The monoisotopic (exact) mass is 264 g/mol. The molecule has 0 spiro atoms. The summed E-state index contributed by atoms with van der Waals surface area (Å²) < 4.78 is 0. The van der Waals surface area contributed by atoms with Crippen LogP contribution < -0.4 is 5.32 Å². The molecule has 0 radical (unpaired) electrons. The molecule has 1 atom stereocenters. The number of imidazole rings is 1. The Kier molecular flexibility index (Phi) is 4.99. The lowest BCUT2D eigenvalue weighted by Gasteiger charge is -2.32. The third-order valence-corrected chi connectivity index (χ3v) is 3.54. The number of hydrogen-bond donors (Lipinski definition) is 2. The van der Waals surface area contributed by atoms with Gasteiger partial charge in [0.2, 0.25) is 0 Å². The van der Waals surface area contributed by atoms with Crippen LogP contribution in [0, 0.1) is 11.8 Å². The lowest BCUT2D eigenvalue weighted by atomic mass is 10.0. The lowest BCUT2D eigenvalue weighted by Crippen LogP contribution is -2.46. The van der Waals surface area contributed by atoms with Crippen molar-refractivity contribution in [3.63, 3.8) is 0 Å². The average Bonchev–Trinajstić information content (AvgIpc) is 2.74. The van der Waals surface area contributed by atoms with E-state index in [1.807, 2.05) is 6.33 Å². The van der Waals surface area contributed by atoms with E-state index in [9.17, 15) is 0 Å². The number of H-pyrrole nitrogens is 1. The zero-order valence-electron chi connectivity index (χ0n) is 12.7. The van der Waals surface area contributed by atoms with Crippen LogP contribution in [0.3, 0.4) is 0 Å². The predicted octanol–water partition coefficient (Wildman–Crippen LogP) is 2.04. The Hall–Kier alpha value is -0.870. The molecule has 1 aromatic heterocycles. The molecule has 0 aliphatic carbocycles. The van der Waals surface area contributed by atoms with Crippen molar-refractivity contribution in [1.29, 1.82) is 0 Å². The van der Waals surface area contributed by atoms with E-state index in [4.69, 9.17) is 0 Å². The summed E-state index contributed by atoms with van der Waals surface area (Å²) in [6, 6.07) is 0.535. The number of nitrogens with one attached hydrogen (secondary N) is 2. The Morgan fingerprint density at radius 3 is 2.58 bits per heavy atom. The van der Waals surface area contributed by atoms with Gasteiger partial charge in [-0.15, -0.1) is 0 Å². The van der Waals surface area contributed by atoms with Crippen molar-refractivity contribution < 1.29 is 0 Å². The van der Waals surface area contributed by atoms with Crippen LogP contribution in [0.5, 0.6) is 0 Å². The van der Waals surface area contributed by atoms with Crippen LogP contribution in [0.25, 0.3) is 0 Å². The van der Waals surface area contributed by atoms with Gasteiger partial charge in [0.1, 0.15) is 0 Å². The molecule has 4 heteroatoms. The van der Waals surface area contributed by atoms with E-state index in [1.54, 1.807) is 0 Å². The maximum absolute atomic E-state index is 4.42. The molecule has 1 aromatic rings. The molecule has 1 aliphatic heterocycles. The molecule has 0 saturated heterocycles. The van der Waals surface area contributed by atoms with Crippen LogP contribution in [-0.4, -0.2) is 40.5 Å². The molecule has 2 heterocycles. The minimum Gasteiger partial charge on any atom is -0.347 e. The second kappa shape index (κ2) is 6.53. The molecular formula is C15H28N4. The number of fused-ring (bicyclic) bond motifs is 1. The third-order valence-electron chi connectivity index (χ3n) is 3.54. The zero-order valence-corrected chi connectivity index (χ0v) is 12.7. The van der Waals surface area contributed by atoms with E-state index in [1.165, 1.54) is 24.5 Å². The molecule has 2 rings (SSSR count). The first-order valence-electron chi connectivity index (χ1n) is 7.51. The van der Waals surface area contributed by atoms with Crippen molar-refractivity contribution in [1.82, 2.24) is 20.2 Å². The van der Waals surface area contributed by atoms with Gasteiger partial charge in [-0.3, -0.25) is 0 Å². The summed E-state index contributed by atoms with van der Waals surface area (Å²) in [5.74, 6) is 1.45. The summed E-state index contributed by atoms with van der Waals surface area (Å²) in [7, 11) is 0. The van der Waals surface area contributed by atoms with Crippen LogP contribution >= 0.6 is 0 Å². The van der Waals surface area contributed by atoms with Crippen LogP contribution in [-0.2, 0) is 13.0 Å². The van der Waals surface area contributed by atoms with Crippen LogP contribution in [0.4, 0.5) is 0 Å². The van der Waals surface area contributed by atoms with Crippen LogP contribution in [0.15, 0.2) is 6.33 Å². The van der Waals surface area contributed by atoms with Crippen molar-refractivity contribution in [2.45, 2.75) is 46.7 Å². The third kappa shape index (κ3) is 4.32. The molecule has 0 saturated carbocycles. The van der Waals surface area contributed by atoms with Crippen molar-refractivity contribution in [3.05, 3.63) is 17.7 Å². The van der Waals surface area contributed by atoms with Crippen molar-refractivity contribution in [2.24, 2.45) is 11.8 Å². The highest BCUT2D eigenvalue weighted by molar-refractivity contribution is 5.15. The summed E-state index contributed by atoms with van der Waals surface area (Å²) in [4.78, 5) is 10.2. The molecule has 108 valence electrons. The Balaban J connectivity index is 1.90. The van der Waals surface area contributed by atoms with Crippen LogP contribution in [0.1, 0.15) is 39.1 Å². The molecule has 0 fully saturated rings. The number of aromatic amines is 1. The first kappa shape index (κ1) is 14.5. The highest BCUT2D eigenvalue weighted by Gasteiger charge is 2.22. The van der Waals surface area contributed by atoms with E-state index in [0.717, 1.165) is 31.3 Å². The minimum absolute atomic E-state index is 0.535. The molecule has 0 aromatic carbocycles. The van der Waals surface area contributed by atoms with Gasteiger partial charge >= 0.3 is 0 Å². The van der Waals surface area contributed by atoms with E-state index in [2.05, 4.69) is 47.9 Å². The number of nitrogens with zero attached hydrogens (tertiary/aromatic N) is 2. The highest BCUT2D eigenvalue weighted by Crippen LogP contribution is 2.14. The molecule has 1 unspecified atom stereocenters. The standard InChI is InChI=1S/C15H28N4/c1-11(2)7-19(8-12(3)4)9-13-5-14-15(6-16-13)18-10-17-14/h10-13,16H,5-9H2,1-4H3,(H,17,18). The lowest BCUT2D eigenvalue weighted by molar-refractivity contribution is 0.193. The quantitative estimate of drug-likeness (QED) is 0.826. The van der Waals surface area contributed by atoms with E-state index >= 15 is 0 Å². The van der Waals surface area contributed by atoms with E-state index in [-0.39, 0.29) is 0 Å². The Labute approximate surface area is 117 Å². The smallest absolute Gasteiger partial charge is 0.0925 e. The molecular weight excluding hydrogens is 236 g/mol. The SMILES string of the molecule is CC(C)CN(CC(C)C)CC1Cc2nc[nH]c2CN1. The van der Waals surface area contributed by atoms with Gasteiger partial charge in [0, 0.05) is 38.6 Å². The first-order chi connectivity index (χ1) is 9.04. The van der Waals surface area contributed by atoms with Crippen molar-refractivity contribution in [3.8, 4) is 0 Å². The minimum atomic E-state index is 0.535. The zero-order chi connectivity index (χ0) is 13.8. The maximum Gasteiger partial charge on any atom is 0.0925 e. The normalized spacial score (nSPS) is 19.4. The second-order valence-electron chi connectivity index (χ2n) is 6.62. The summed E-state index contributed by atoms with van der Waals surface area (Å²) in [6.07, 6.45) is 2.86. The van der Waals surface area contributed by atoms with Gasteiger partial charge in [0.25, 0.3) is 0 Å². The fourth-order valence-corrected chi connectivity index (χ4v) is 2.93. The first-order valence-corrected chi connectivity index (χ1v) is 7.51. The average molecular weight is 264 g/mol. The number of rotatable bonds is 6. The summed E-state index contributed by atoms with van der Waals surface area (Å²) >= 11 is 0.